The van der Waals surface area contributed by atoms with E-state index in [0.29, 0.717) is 12.8 Å². The van der Waals surface area contributed by atoms with Gasteiger partial charge in [0.2, 0.25) is 0 Å². The molecule has 0 aliphatic heterocycles. The van der Waals surface area contributed by atoms with E-state index in [-0.39, 0.29) is 0 Å². The predicted octanol–water partition coefficient (Wildman–Crippen LogP) is 0.790. The molecule has 17 heavy (non-hydrogen) atoms. The molecule has 0 aromatic carbocycles. The number of rotatable bonds is 12. The predicted molar refractivity (Wildman–Crippen MR) is 66.3 cm³/mol. The van der Waals surface area contributed by atoms with E-state index in [1.165, 1.54) is 0 Å². The lowest BCUT2D eigenvalue weighted by molar-refractivity contribution is 0.129. The van der Waals surface area contributed by atoms with Gasteiger partial charge in [0.25, 0.3) is 0 Å². The number of nitrogens with one attached hydrogen (secondary N) is 2. The summed E-state index contributed by atoms with van der Waals surface area (Å²) < 4.78 is 5.44. The van der Waals surface area contributed by atoms with Gasteiger partial charge in [0.05, 0.1) is 12.1 Å². The summed E-state index contributed by atoms with van der Waals surface area (Å²) in [5, 5.41) is 22.9. The standard InChI is InChI=1S/C12H22N4O/c13-5-1-7-15-9-3-11-17-12-4-10-16-8-2-6-14/h15-16H,1-4,7-12H2. The second-order valence-electron chi connectivity index (χ2n) is 3.64. The molecule has 0 radical (unpaired) electrons. The van der Waals surface area contributed by atoms with Crippen LogP contribution in [-0.4, -0.2) is 39.4 Å². The number of nitriles is 2. The maximum absolute atomic E-state index is 8.31. The molecule has 0 atom stereocenters. The first kappa shape index (κ1) is 15.9. The number of hydrogen-bond donors (Lipinski definition) is 2. The second kappa shape index (κ2) is 14.9. The van der Waals surface area contributed by atoms with Crippen molar-refractivity contribution in [2.24, 2.45) is 0 Å². The molecule has 5 heteroatoms. The van der Waals surface area contributed by atoms with Gasteiger partial charge < -0.3 is 15.4 Å². The highest BCUT2D eigenvalue weighted by Crippen LogP contribution is 1.85. The molecule has 0 aliphatic rings. The van der Waals surface area contributed by atoms with Gasteiger partial charge in [0, 0.05) is 39.1 Å². The Morgan fingerprint density at radius 3 is 1.65 bits per heavy atom. The van der Waals surface area contributed by atoms with Crippen LogP contribution in [0.3, 0.4) is 0 Å². The van der Waals surface area contributed by atoms with Crippen molar-refractivity contribution >= 4 is 0 Å². The van der Waals surface area contributed by atoms with Crippen LogP contribution in [0.15, 0.2) is 0 Å². The van der Waals surface area contributed by atoms with Crippen LogP contribution < -0.4 is 10.6 Å². The summed E-state index contributed by atoms with van der Waals surface area (Å²) >= 11 is 0. The van der Waals surface area contributed by atoms with Crippen molar-refractivity contribution in [2.75, 3.05) is 39.4 Å². The molecule has 0 amide bonds. The van der Waals surface area contributed by atoms with E-state index in [2.05, 4.69) is 22.8 Å². The Balaban J connectivity index is 2.90. The number of ether oxygens (including phenoxy) is 1. The highest BCUT2D eigenvalue weighted by molar-refractivity contribution is 4.70. The molecule has 0 aromatic heterocycles. The molecule has 96 valence electrons. The van der Waals surface area contributed by atoms with Crippen LogP contribution in [-0.2, 0) is 4.74 Å². The van der Waals surface area contributed by atoms with Gasteiger partial charge in [-0.2, -0.15) is 10.5 Å². The zero-order valence-corrected chi connectivity index (χ0v) is 10.4. The first-order chi connectivity index (χ1) is 8.41. The Labute approximate surface area is 104 Å². The minimum absolute atomic E-state index is 0.565. The van der Waals surface area contributed by atoms with Crippen LogP contribution in [0, 0.1) is 22.7 Å². The summed E-state index contributed by atoms with van der Waals surface area (Å²) in [5.74, 6) is 0. The van der Waals surface area contributed by atoms with Crippen molar-refractivity contribution in [3.8, 4) is 12.1 Å². The van der Waals surface area contributed by atoms with Gasteiger partial charge in [0.15, 0.2) is 0 Å². The summed E-state index contributed by atoms with van der Waals surface area (Å²) in [5.41, 5.74) is 0. The van der Waals surface area contributed by atoms with Crippen LogP contribution in [0.25, 0.3) is 0 Å². The second-order valence-corrected chi connectivity index (χ2v) is 3.64. The molecule has 0 aromatic rings. The molecular weight excluding hydrogens is 216 g/mol. The molecule has 0 bridgehead atoms. The summed E-state index contributed by atoms with van der Waals surface area (Å²) in [6, 6.07) is 4.17. The van der Waals surface area contributed by atoms with Crippen LogP contribution in [0.1, 0.15) is 25.7 Å². The Morgan fingerprint density at radius 1 is 0.765 bits per heavy atom. The van der Waals surface area contributed by atoms with Crippen molar-refractivity contribution in [3.05, 3.63) is 0 Å². The molecule has 2 N–H and O–H groups in total. The largest absolute Gasteiger partial charge is 0.381 e. The van der Waals surface area contributed by atoms with E-state index in [0.717, 1.165) is 52.2 Å². The van der Waals surface area contributed by atoms with Crippen LogP contribution >= 0.6 is 0 Å². The third-order valence-corrected chi connectivity index (χ3v) is 2.11. The van der Waals surface area contributed by atoms with E-state index < -0.39 is 0 Å². The monoisotopic (exact) mass is 238 g/mol. The van der Waals surface area contributed by atoms with Gasteiger partial charge >= 0.3 is 0 Å². The zero-order chi connectivity index (χ0) is 12.6. The fraction of sp³-hybridized carbons (Fsp3) is 0.833. The minimum atomic E-state index is 0.565. The molecule has 0 saturated heterocycles. The summed E-state index contributed by atoms with van der Waals surface area (Å²) in [6.45, 7) is 4.86. The Morgan fingerprint density at radius 2 is 1.24 bits per heavy atom. The van der Waals surface area contributed by atoms with Gasteiger partial charge in [-0.05, 0) is 25.9 Å². The van der Waals surface area contributed by atoms with Crippen LogP contribution in [0.4, 0.5) is 0 Å². The molecule has 5 nitrogen and oxygen atoms in total. The van der Waals surface area contributed by atoms with Crippen molar-refractivity contribution < 1.29 is 4.74 Å². The number of hydrogen-bond acceptors (Lipinski definition) is 5. The SMILES string of the molecule is N#CCCNCCCOCCCNCCC#N. The van der Waals surface area contributed by atoms with Gasteiger partial charge in [-0.15, -0.1) is 0 Å². The van der Waals surface area contributed by atoms with E-state index in [4.69, 9.17) is 15.3 Å². The average Bonchev–Trinajstić information content (AvgIpc) is 2.35. The van der Waals surface area contributed by atoms with E-state index in [9.17, 15) is 0 Å². The summed E-state index contributed by atoms with van der Waals surface area (Å²) in [4.78, 5) is 0. The highest BCUT2D eigenvalue weighted by Gasteiger charge is 1.91. The lowest BCUT2D eigenvalue weighted by atomic mass is 10.4. The maximum atomic E-state index is 8.31. The quantitative estimate of drug-likeness (QED) is 0.491. The molecule has 0 fully saturated rings. The minimum Gasteiger partial charge on any atom is -0.381 e. The third-order valence-electron chi connectivity index (χ3n) is 2.11. The first-order valence-corrected chi connectivity index (χ1v) is 6.15. The molecule has 0 aliphatic carbocycles. The van der Waals surface area contributed by atoms with Gasteiger partial charge in [-0.3, -0.25) is 0 Å². The fourth-order valence-electron chi connectivity index (χ4n) is 1.24. The Bertz CT molecular complexity index is 208. The third kappa shape index (κ3) is 14.9. The molecule has 0 saturated carbocycles. The molecule has 0 rings (SSSR count). The lowest BCUT2D eigenvalue weighted by Gasteiger charge is -2.05. The topological polar surface area (TPSA) is 80.9 Å². The molecule has 0 heterocycles. The molecule has 0 unspecified atom stereocenters. The van der Waals surface area contributed by atoms with E-state index >= 15 is 0 Å². The van der Waals surface area contributed by atoms with Crippen molar-refractivity contribution in [3.63, 3.8) is 0 Å². The Kier molecular flexibility index (Phi) is 13.9. The van der Waals surface area contributed by atoms with E-state index in [1.54, 1.807) is 0 Å². The normalized spacial score (nSPS) is 9.76. The molecular formula is C12H22N4O. The first-order valence-electron chi connectivity index (χ1n) is 6.15. The van der Waals surface area contributed by atoms with Crippen LogP contribution in [0.2, 0.25) is 0 Å². The van der Waals surface area contributed by atoms with Crippen molar-refractivity contribution in [2.45, 2.75) is 25.7 Å². The van der Waals surface area contributed by atoms with Crippen molar-refractivity contribution in [1.29, 1.82) is 10.5 Å². The lowest BCUT2D eigenvalue weighted by Crippen LogP contribution is -2.19. The smallest absolute Gasteiger partial charge is 0.0635 e. The van der Waals surface area contributed by atoms with Gasteiger partial charge in [-0.25, -0.2) is 0 Å². The van der Waals surface area contributed by atoms with Gasteiger partial charge in [-0.1, -0.05) is 0 Å². The van der Waals surface area contributed by atoms with E-state index in [1.807, 2.05) is 0 Å². The summed E-state index contributed by atoms with van der Waals surface area (Å²) in [7, 11) is 0. The number of nitrogens with zero attached hydrogens (tertiary/aromatic N) is 2. The average molecular weight is 238 g/mol. The molecule has 0 spiro atoms. The highest BCUT2D eigenvalue weighted by atomic mass is 16.5. The van der Waals surface area contributed by atoms with Gasteiger partial charge in [0.1, 0.15) is 0 Å². The Hall–Kier alpha value is -1.14. The van der Waals surface area contributed by atoms with Crippen LogP contribution in [0.5, 0.6) is 0 Å². The fourth-order valence-corrected chi connectivity index (χ4v) is 1.24. The maximum Gasteiger partial charge on any atom is 0.0635 e. The van der Waals surface area contributed by atoms with Crippen molar-refractivity contribution in [1.82, 2.24) is 10.6 Å². The summed E-state index contributed by atoms with van der Waals surface area (Å²) in [6.07, 6.45) is 3.09. The zero-order valence-electron chi connectivity index (χ0n) is 10.4.